The van der Waals surface area contributed by atoms with E-state index in [9.17, 15) is 4.79 Å². The second-order valence-corrected chi connectivity index (χ2v) is 2.98. The molecule has 0 atom stereocenters. The van der Waals surface area contributed by atoms with Crippen LogP contribution in [0.2, 0.25) is 0 Å². The standard InChI is InChI=1S/C6H8BrN3O2/c1-4-6(10-12-9-4)8-5(11)2-3-7/h2-3H2,1H3,(H,8,10,11). The van der Waals surface area contributed by atoms with E-state index in [1.54, 1.807) is 6.92 Å². The molecule has 66 valence electrons. The van der Waals surface area contributed by atoms with Crippen molar-refractivity contribution < 1.29 is 9.42 Å². The van der Waals surface area contributed by atoms with Crippen LogP contribution in [-0.4, -0.2) is 21.6 Å². The zero-order valence-corrected chi connectivity index (χ0v) is 8.09. The van der Waals surface area contributed by atoms with Crippen LogP contribution in [0, 0.1) is 6.92 Å². The largest absolute Gasteiger partial charge is 0.306 e. The van der Waals surface area contributed by atoms with Gasteiger partial charge in [0.05, 0.1) is 0 Å². The van der Waals surface area contributed by atoms with Gasteiger partial charge >= 0.3 is 0 Å². The number of carbonyl (C=O) groups excluding carboxylic acids is 1. The lowest BCUT2D eigenvalue weighted by molar-refractivity contribution is -0.115. The molecule has 5 nitrogen and oxygen atoms in total. The number of aryl methyl sites for hydroxylation is 1. The van der Waals surface area contributed by atoms with E-state index in [2.05, 4.69) is 36.2 Å². The van der Waals surface area contributed by atoms with Crippen molar-refractivity contribution >= 4 is 27.7 Å². The molecule has 12 heavy (non-hydrogen) atoms. The zero-order chi connectivity index (χ0) is 8.97. The van der Waals surface area contributed by atoms with Crippen molar-refractivity contribution in [1.82, 2.24) is 10.3 Å². The fourth-order valence-corrected chi connectivity index (χ4v) is 0.986. The molecule has 0 aliphatic rings. The molecule has 1 rings (SSSR count). The van der Waals surface area contributed by atoms with Gasteiger partial charge in [-0.2, -0.15) is 0 Å². The zero-order valence-electron chi connectivity index (χ0n) is 6.50. The van der Waals surface area contributed by atoms with Gasteiger partial charge in [-0.05, 0) is 12.1 Å². The van der Waals surface area contributed by atoms with Gasteiger partial charge < -0.3 is 5.32 Å². The first-order valence-electron chi connectivity index (χ1n) is 3.39. The Hall–Kier alpha value is -0.910. The Balaban J connectivity index is 2.52. The van der Waals surface area contributed by atoms with Gasteiger partial charge in [0.15, 0.2) is 5.82 Å². The molecule has 0 spiro atoms. The Bertz CT molecular complexity index is 274. The van der Waals surface area contributed by atoms with Gasteiger partial charge in [0.2, 0.25) is 5.91 Å². The van der Waals surface area contributed by atoms with E-state index in [-0.39, 0.29) is 5.91 Å². The van der Waals surface area contributed by atoms with Crippen LogP contribution in [-0.2, 0) is 4.79 Å². The van der Waals surface area contributed by atoms with Crippen LogP contribution in [0.4, 0.5) is 5.82 Å². The fourth-order valence-electron chi connectivity index (χ4n) is 0.625. The number of anilines is 1. The molecular weight excluding hydrogens is 226 g/mol. The van der Waals surface area contributed by atoms with E-state index in [0.717, 1.165) is 0 Å². The van der Waals surface area contributed by atoms with E-state index in [1.807, 2.05) is 0 Å². The number of rotatable bonds is 3. The minimum Gasteiger partial charge on any atom is -0.306 e. The van der Waals surface area contributed by atoms with Crippen LogP contribution >= 0.6 is 15.9 Å². The van der Waals surface area contributed by atoms with Crippen LogP contribution in [0.25, 0.3) is 0 Å². The van der Waals surface area contributed by atoms with Gasteiger partial charge in [0, 0.05) is 11.8 Å². The molecule has 0 unspecified atom stereocenters. The molecule has 6 heteroatoms. The molecule has 0 radical (unpaired) electrons. The number of nitrogens with zero attached hydrogens (tertiary/aromatic N) is 2. The summed E-state index contributed by atoms with van der Waals surface area (Å²) in [6.07, 6.45) is 0.409. The Kier molecular flexibility index (Phi) is 3.21. The summed E-state index contributed by atoms with van der Waals surface area (Å²) in [7, 11) is 0. The summed E-state index contributed by atoms with van der Waals surface area (Å²) in [5.74, 6) is 0.284. The number of alkyl halides is 1. The molecule has 0 saturated heterocycles. The Labute approximate surface area is 77.6 Å². The highest BCUT2D eigenvalue weighted by atomic mass is 79.9. The van der Waals surface area contributed by atoms with Crippen LogP contribution < -0.4 is 5.32 Å². The predicted molar refractivity (Wildman–Crippen MR) is 46.1 cm³/mol. The maximum atomic E-state index is 11.0. The molecular formula is C6H8BrN3O2. The average molecular weight is 234 g/mol. The highest BCUT2D eigenvalue weighted by Crippen LogP contribution is 2.07. The van der Waals surface area contributed by atoms with Crippen molar-refractivity contribution in [2.45, 2.75) is 13.3 Å². The number of halogens is 1. The lowest BCUT2D eigenvalue weighted by atomic mass is 10.4. The third-order valence-electron chi connectivity index (χ3n) is 1.23. The average Bonchev–Trinajstić information content (AvgIpc) is 2.37. The topological polar surface area (TPSA) is 68.0 Å². The normalized spacial score (nSPS) is 9.83. The van der Waals surface area contributed by atoms with Gasteiger partial charge in [-0.25, -0.2) is 4.63 Å². The second kappa shape index (κ2) is 4.20. The first-order valence-corrected chi connectivity index (χ1v) is 4.51. The molecule has 1 aromatic rings. The summed E-state index contributed by atoms with van der Waals surface area (Å²) in [6.45, 7) is 1.71. The summed E-state index contributed by atoms with van der Waals surface area (Å²) in [5.41, 5.74) is 0.581. The molecule has 1 aromatic heterocycles. The van der Waals surface area contributed by atoms with E-state index >= 15 is 0 Å². The molecule has 0 saturated carbocycles. The van der Waals surface area contributed by atoms with Gasteiger partial charge in [-0.15, -0.1) is 0 Å². The lowest BCUT2D eigenvalue weighted by Gasteiger charge is -1.97. The number of hydrogen-bond acceptors (Lipinski definition) is 4. The molecule has 1 N–H and O–H groups in total. The number of carbonyl (C=O) groups is 1. The van der Waals surface area contributed by atoms with Crippen molar-refractivity contribution in [2.24, 2.45) is 0 Å². The van der Waals surface area contributed by atoms with Crippen molar-refractivity contribution in [3.8, 4) is 0 Å². The highest BCUT2D eigenvalue weighted by molar-refractivity contribution is 9.09. The summed E-state index contributed by atoms with van der Waals surface area (Å²) in [4.78, 5) is 11.0. The maximum Gasteiger partial charge on any atom is 0.226 e. The Morgan fingerprint density at radius 3 is 2.92 bits per heavy atom. The second-order valence-electron chi connectivity index (χ2n) is 2.19. The number of nitrogens with one attached hydrogen (secondary N) is 1. The summed E-state index contributed by atoms with van der Waals surface area (Å²) < 4.78 is 4.40. The van der Waals surface area contributed by atoms with Gasteiger partial charge in [0.25, 0.3) is 0 Å². The quantitative estimate of drug-likeness (QED) is 0.795. The highest BCUT2D eigenvalue weighted by Gasteiger charge is 2.07. The maximum absolute atomic E-state index is 11.0. The summed E-state index contributed by atoms with van der Waals surface area (Å²) in [6, 6.07) is 0. The van der Waals surface area contributed by atoms with Crippen molar-refractivity contribution in [2.75, 3.05) is 10.6 Å². The van der Waals surface area contributed by atoms with Gasteiger partial charge in [-0.3, -0.25) is 4.79 Å². The van der Waals surface area contributed by atoms with E-state index in [4.69, 9.17) is 0 Å². The molecule has 1 heterocycles. The molecule has 0 fully saturated rings. The van der Waals surface area contributed by atoms with E-state index < -0.39 is 0 Å². The van der Waals surface area contributed by atoms with Crippen molar-refractivity contribution in [3.05, 3.63) is 5.69 Å². The monoisotopic (exact) mass is 233 g/mol. The molecule has 0 aromatic carbocycles. The van der Waals surface area contributed by atoms with Gasteiger partial charge in [-0.1, -0.05) is 21.1 Å². The Morgan fingerprint density at radius 2 is 2.42 bits per heavy atom. The SMILES string of the molecule is Cc1nonc1NC(=O)CCBr. The fraction of sp³-hybridized carbons (Fsp3) is 0.500. The number of amides is 1. The molecule has 1 amide bonds. The van der Waals surface area contributed by atoms with Crippen LogP contribution in [0.5, 0.6) is 0 Å². The van der Waals surface area contributed by atoms with Crippen LogP contribution in [0.3, 0.4) is 0 Å². The number of aromatic nitrogens is 2. The lowest BCUT2D eigenvalue weighted by Crippen LogP contribution is -2.12. The van der Waals surface area contributed by atoms with Crippen LogP contribution in [0.1, 0.15) is 12.1 Å². The molecule has 0 bridgehead atoms. The third kappa shape index (κ3) is 2.30. The summed E-state index contributed by atoms with van der Waals surface area (Å²) in [5, 5.41) is 10.2. The number of hydrogen-bond donors (Lipinski definition) is 1. The predicted octanol–water partition coefficient (Wildman–Crippen LogP) is 1.10. The minimum absolute atomic E-state index is 0.106. The minimum atomic E-state index is -0.106. The Morgan fingerprint density at radius 1 is 1.67 bits per heavy atom. The first-order chi connectivity index (χ1) is 5.74. The van der Waals surface area contributed by atoms with E-state index in [1.165, 1.54) is 0 Å². The third-order valence-corrected chi connectivity index (χ3v) is 1.63. The van der Waals surface area contributed by atoms with Crippen molar-refractivity contribution in [3.63, 3.8) is 0 Å². The molecule has 0 aliphatic carbocycles. The van der Waals surface area contributed by atoms with Gasteiger partial charge in [0.1, 0.15) is 5.69 Å². The smallest absolute Gasteiger partial charge is 0.226 e. The van der Waals surface area contributed by atoms with Crippen LogP contribution in [0.15, 0.2) is 4.63 Å². The first kappa shape index (κ1) is 9.18. The van der Waals surface area contributed by atoms with Crippen molar-refractivity contribution in [1.29, 1.82) is 0 Å². The van der Waals surface area contributed by atoms with E-state index in [0.29, 0.717) is 23.3 Å². The molecule has 0 aliphatic heterocycles. The summed E-state index contributed by atoms with van der Waals surface area (Å²) >= 11 is 3.15.